The molecular formula is C23H26ClN5O3. The first kappa shape index (κ1) is 23.3. The molecular weight excluding hydrogens is 430 g/mol. The number of nitrogens with one attached hydrogen (secondary N) is 3. The summed E-state index contributed by atoms with van der Waals surface area (Å²) in [6.07, 6.45) is 0.429. The van der Waals surface area contributed by atoms with Crippen molar-refractivity contribution in [3.05, 3.63) is 69.5 Å². The largest absolute Gasteiger partial charge is 0.340 e. The summed E-state index contributed by atoms with van der Waals surface area (Å²) in [6.45, 7) is 6.11. The molecule has 1 heterocycles. The molecule has 0 fully saturated rings. The van der Waals surface area contributed by atoms with Crippen LogP contribution in [-0.2, 0) is 11.3 Å². The maximum atomic E-state index is 12.9. The fourth-order valence-corrected chi connectivity index (χ4v) is 3.43. The van der Waals surface area contributed by atoms with E-state index < -0.39 is 11.9 Å². The molecule has 3 rings (SSSR count). The van der Waals surface area contributed by atoms with Gasteiger partial charge in [0, 0.05) is 17.1 Å². The molecule has 2 aromatic carbocycles. The van der Waals surface area contributed by atoms with Crippen LogP contribution in [0.25, 0.3) is 10.9 Å². The first-order valence-corrected chi connectivity index (χ1v) is 10.8. The summed E-state index contributed by atoms with van der Waals surface area (Å²) in [5.41, 5.74) is 6.07. The van der Waals surface area contributed by atoms with E-state index in [1.807, 2.05) is 20.8 Å². The van der Waals surface area contributed by atoms with E-state index in [0.717, 1.165) is 0 Å². The highest BCUT2D eigenvalue weighted by Crippen LogP contribution is 2.12. The fraction of sp³-hybridized carbons (Fsp3) is 0.304. The van der Waals surface area contributed by atoms with Gasteiger partial charge in [-0.15, -0.1) is 0 Å². The Morgan fingerprint density at radius 3 is 2.44 bits per heavy atom. The second kappa shape index (κ2) is 10.3. The first-order chi connectivity index (χ1) is 15.3. The highest BCUT2D eigenvalue weighted by molar-refractivity contribution is 6.30. The van der Waals surface area contributed by atoms with Gasteiger partial charge in [-0.3, -0.25) is 29.8 Å². The van der Waals surface area contributed by atoms with Crippen molar-refractivity contribution in [3.8, 4) is 0 Å². The smallest absolute Gasteiger partial charge is 0.262 e. The average molecular weight is 456 g/mol. The van der Waals surface area contributed by atoms with Crippen molar-refractivity contribution in [3.63, 3.8) is 0 Å². The van der Waals surface area contributed by atoms with Crippen molar-refractivity contribution in [2.45, 2.75) is 39.8 Å². The summed E-state index contributed by atoms with van der Waals surface area (Å²) in [7, 11) is 0. The highest BCUT2D eigenvalue weighted by Gasteiger charge is 2.23. The molecule has 0 bridgehead atoms. The summed E-state index contributed by atoms with van der Waals surface area (Å²) >= 11 is 5.88. The third-order valence-electron chi connectivity index (χ3n) is 4.91. The summed E-state index contributed by atoms with van der Waals surface area (Å²) < 4.78 is 1.44. The molecule has 1 atom stereocenters. The summed E-state index contributed by atoms with van der Waals surface area (Å²) in [5.74, 6) is -0.441. The number of hydrogen-bond donors (Lipinski definition) is 3. The van der Waals surface area contributed by atoms with E-state index in [0.29, 0.717) is 34.5 Å². The Bertz CT molecular complexity index is 1170. The zero-order chi connectivity index (χ0) is 23.3. The number of benzene rings is 2. The predicted octanol–water partition coefficient (Wildman–Crippen LogP) is 3.36. The first-order valence-electron chi connectivity index (χ1n) is 10.4. The molecule has 0 aliphatic carbocycles. The zero-order valence-corrected chi connectivity index (χ0v) is 18.9. The number of hydrogen-bond acceptors (Lipinski definition) is 5. The van der Waals surface area contributed by atoms with Gasteiger partial charge in [-0.2, -0.15) is 0 Å². The highest BCUT2D eigenvalue weighted by atomic mass is 35.5. The Labute approximate surface area is 191 Å². The van der Waals surface area contributed by atoms with E-state index in [1.54, 1.807) is 48.5 Å². The van der Waals surface area contributed by atoms with Crippen molar-refractivity contribution >= 4 is 40.3 Å². The third kappa shape index (κ3) is 5.45. The number of para-hydroxylation sites is 1. The Kier molecular flexibility index (Phi) is 7.48. The van der Waals surface area contributed by atoms with E-state index in [2.05, 4.69) is 21.2 Å². The minimum absolute atomic E-state index is 0.156. The van der Waals surface area contributed by atoms with Gasteiger partial charge in [0.2, 0.25) is 5.95 Å². The summed E-state index contributed by atoms with van der Waals surface area (Å²) in [4.78, 5) is 42.7. The van der Waals surface area contributed by atoms with Gasteiger partial charge in [-0.05, 0) is 55.7 Å². The van der Waals surface area contributed by atoms with Gasteiger partial charge in [-0.25, -0.2) is 4.98 Å². The lowest BCUT2D eigenvalue weighted by Crippen LogP contribution is -2.49. The molecule has 0 saturated carbocycles. The van der Waals surface area contributed by atoms with Crippen molar-refractivity contribution < 1.29 is 9.59 Å². The molecule has 3 aromatic rings. The number of amides is 2. The van der Waals surface area contributed by atoms with Crippen molar-refractivity contribution in [1.29, 1.82) is 0 Å². The molecule has 0 saturated heterocycles. The van der Waals surface area contributed by atoms with Crippen LogP contribution in [0.1, 0.15) is 37.6 Å². The minimum Gasteiger partial charge on any atom is -0.340 e. The summed E-state index contributed by atoms with van der Waals surface area (Å²) in [6, 6.07) is 12.7. The molecule has 1 unspecified atom stereocenters. The van der Waals surface area contributed by atoms with Crippen molar-refractivity contribution in [2.24, 2.45) is 5.92 Å². The third-order valence-corrected chi connectivity index (χ3v) is 5.16. The van der Waals surface area contributed by atoms with Gasteiger partial charge in [0.25, 0.3) is 17.4 Å². The van der Waals surface area contributed by atoms with Crippen LogP contribution in [0.15, 0.2) is 53.3 Å². The SMILES string of the molecule is CCn1c(NNC(=O)C(CC(C)C)NC(=O)c2ccc(Cl)cc2)nc2ccccc2c1=O. The molecule has 1 aromatic heterocycles. The van der Waals surface area contributed by atoms with Crippen LogP contribution in [0, 0.1) is 5.92 Å². The van der Waals surface area contributed by atoms with Crippen molar-refractivity contribution in [1.82, 2.24) is 20.3 Å². The number of hydrazine groups is 1. The number of anilines is 1. The monoisotopic (exact) mass is 455 g/mol. The molecule has 0 aliphatic heterocycles. The number of aromatic nitrogens is 2. The average Bonchev–Trinajstić information content (AvgIpc) is 2.77. The molecule has 0 spiro atoms. The number of carbonyl (C=O) groups is 2. The van der Waals surface area contributed by atoms with E-state index in [9.17, 15) is 14.4 Å². The lowest BCUT2D eigenvalue weighted by atomic mass is 10.0. The minimum atomic E-state index is -0.784. The standard InChI is InChI=1S/C23H26ClN5O3/c1-4-29-22(32)17-7-5-6-8-18(17)26-23(29)28-27-21(31)19(13-14(2)3)25-20(30)15-9-11-16(24)12-10-15/h5-12,14,19H,4,13H2,1-3H3,(H,25,30)(H,26,28)(H,27,31). The number of nitrogens with zero attached hydrogens (tertiary/aromatic N) is 2. The van der Waals surface area contributed by atoms with Crippen LogP contribution < -0.4 is 21.7 Å². The van der Waals surface area contributed by atoms with Gasteiger partial charge in [-0.1, -0.05) is 37.6 Å². The predicted molar refractivity (Wildman–Crippen MR) is 126 cm³/mol. The lowest BCUT2D eigenvalue weighted by Gasteiger charge is -2.21. The van der Waals surface area contributed by atoms with E-state index >= 15 is 0 Å². The Morgan fingerprint density at radius 1 is 1.09 bits per heavy atom. The topological polar surface area (TPSA) is 105 Å². The normalized spacial score (nSPS) is 11.9. The van der Waals surface area contributed by atoms with E-state index in [4.69, 9.17) is 11.6 Å². The van der Waals surface area contributed by atoms with E-state index in [1.165, 1.54) is 4.57 Å². The van der Waals surface area contributed by atoms with Crippen LogP contribution in [0.2, 0.25) is 5.02 Å². The van der Waals surface area contributed by atoms with E-state index in [-0.39, 0.29) is 23.3 Å². The maximum absolute atomic E-state index is 12.9. The van der Waals surface area contributed by atoms with Crippen molar-refractivity contribution in [2.75, 3.05) is 5.43 Å². The molecule has 9 heteroatoms. The molecule has 168 valence electrons. The number of halogens is 1. The number of carbonyl (C=O) groups excluding carboxylic acids is 2. The maximum Gasteiger partial charge on any atom is 0.262 e. The van der Waals surface area contributed by atoms with Crippen LogP contribution in [-0.4, -0.2) is 27.4 Å². The molecule has 32 heavy (non-hydrogen) atoms. The van der Waals surface area contributed by atoms with Gasteiger partial charge in [0.1, 0.15) is 6.04 Å². The molecule has 8 nitrogen and oxygen atoms in total. The number of rotatable bonds is 8. The second-order valence-corrected chi connectivity index (χ2v) is 8.22. The number of fused-ring (bicyclic) bond motifs is 1. The lowest BCUT2D eigenvalue weighted by molar-refractivity contribution is -0.122. The summed E-state index contributed by atoms with van der Waals surface area (Å²) in [5, 5.41) is 3.79. The quantitative estimate of drug-likeness (QED) is 0.452. The Morgan fingerprint density at radius 2 is 1.78 bits per heavy atom. The van der Waals surface area contributed by atoms with Gasteiger partial charge < -0.3 is 5.32 Å². The second-order valence-electron chi connectivity index (χ2n) is 7.78. The molecule has 0 aliphatic rings. The van der Waals surface area contributed by atoms with Crippen LogP contribution in [0.4, 0.5) is 5.95 Å². The van der Waals surface area contributed by atoms with Gasteiger partial charge in [0.05, 0.1) is 10.9 Å². The van der Waals surface area contributed by atoms with Crippen LogP contribution in [0.5, 0.6) is 0 Å². The molecule has 3 N–H and O–H groups in total. The Hall–Kier alpha value is -3.39. The zero-order valence-electron chi connectivity index (χ0n) is 18.2. The Balaban J connectivity index is 1.77. The van der Waals surface area contributed by atoms with Gasteiger partial charge >= 0.3 is 0 Å². The fourth-order valence-electron chi connectivity index (χ4n) is 3.31. The van der Waals surface area contributed by atoms with Crippen LogP contribution in [0.3, 0.4) is 0 Å². The van der Waals surface area contributed by atoms with Crippen LogP contribution >= 0.6 is 11.6 Å². The molecule has 0 radical (unpaired) electrons. The molecule has 2 amide bonds. The van der Waals surface area contributed by atoms with Gasteiger partial charge in [0.15, 0.2) is 0 Å².